The first kappa shape index (κ1) is 13.9. The maximum Gasteiger partial charge on any atom is 0.250 e. The summed E-state index contributed by atoms with van der Waals surface area (Å²) in [7, 11) is 1.89. The minimum Gasteiger partial charge on any atom is -0.397 e. The van der Waals surface area contributed by atoms with Gasteiger partial charge in [0.05, 0.1) is 23.5 Å². The van der Waals surface area contributed by atoms with Crippen LogP contribution in [0.1, 0.15) is 15.2 Å². The summed E-state index contributed by atoms with van der Waals surface area (Å²) in [6, 6.07) is 7.23. The number of carbonyl (C=O) groups is 1. The Morgan fingerprint density at radius 1 is 1.47 bits per heavy atom. The highest BCUT2D eigenvalue weighted by molar-refractivity contribution is 9.10. The molecule has 1 aromatic heterocycles. The third-order valence-corrected chi connectivity index (χ3v) is 4.41. The predicted molar refractivity (Wildman–Crippen MR) is 83.5 cm³/mol. The number of nitrogens with zero attached hydrogens (tertiary/aromatic N) is 1. The Labute approximate surface area is 124 Å². The molecule has 0 radical (unpaired) electrons. The fourth-order valence-electron chi connectivity index (χ4n) is 1.94. The van der Waals surface area contributed by atoms with Gasteiger partial charge in [-0.2, -0.15) is 0 Å². The predicted octanol–water partition coefficient (Wildman–Crippen LogP) is 2.83. The molecule has 1 amide bonds. The van der Waals surface area contributed by atoms with Crippen LogP contribution in [0.3, 0.4) is 0 Å². The second-order valence-electron chi connectivity index (χ2n) is 4.19. The number of rotatable bonds is 4. The fraction of sp³-hybridized carbons (Fsp3) is 0.154. The van der Waals surface area contributed by atoms with Crippen molar-refractivity contribution in [1.82, 2.24) is 0 Å². The molecule has 100 valence electrons. The van der Waals surface area contributed by atoms with Gasteiger partial charge in [0.2, 0.25) is 0 Å². The van der Waals surface area contributed by atoms with Crippen LogP contribution < -0.4 is 16.4 Å². The van der Waals surface area contributed by atoms with Gasteiger partial charge in [0.25, 0.3) is 5.91 Å². The summed E-state index contributed by atoms with van der Waals surface area (Å²) in [6.07, 6.45) is 0. The first-order chi connectivity index (χ1) is 8.99. The Morgan fingerprint density at radius 3 is 2.79 bits per heavy atom. The summed E-state index contributed by atoms with van der Waals surface area (Å²) in [6.45, 7) is 0.671. The first-order valence-electron chi connectivity index (χ1n) is 5.61. The van der Waals surface area contributed by atoms with Gasteiger partial charge in [0, 0.05) is 21.8 Å². The minimum absolute atomic E-state index is 0.443. The minimum atomic E-state index is -0.471. The molecular formula is C13H14BrN3OS. The summed E-state index contributed by atoms with van der Waals surface area (Å²) in [5.41, 5.74) is 13.0. The van der Waals surface area contributed by atoms with E-state index in [9.17, 15) is 4.79 Å². The zero-order valence-electron chi connectivity index (χ0n) is 10.4. The molecule has 2 aromatic rings. The van der Waals surface area contributed by atoms with Crippen LogP contribution in [0.4, 0.5) is 11.4 Å². The Hall–Kier alpha value is -1.53. The maximum atomic E-state index is 11.5. The monoisotopic (exact) mass is 339 g/mol. The van der Waals surface area contributed by atoms with E-state index in [1.165, 1.54) is 4.88 Å². The normalized spacial score (nSPS) is 10.4. The van der Waals surface area contributed by atoms with Crippen LogP contribution >= 0.6 is 27.3 Å². The van der Waals surface area contributed by atoms with Crippen molar-refractivity contribution in [3.8, 4) is 0 Å². The van der Waals surface area contributed by atoms with Gasteiger partial charge < -0.3 is 16.4 Å². The van der Waals surface area contributed by atoms with Gasteiger partial charge in [0.15, 0.2) is 0 Å². The lowest BCUT2D eigenvalue weighted by Crippen LogP contribution is -2.22. The number of anilines is 2. The molecule has 0 unspecified atom stereocenters. The van der Waals surface area contributed by atoms with E-state index in [-0.39, 0.29) is 0 Å². The van der Waals surface area contributed by atoms with Crippen molar-refractivity contribution in [2.24, 2.45) is 5.73 Å². The molecule has 19 heavy (non-hydrogen) atoms. The molecular weight excluding hydrogens is 326 g/mol. The van der Waals surface area contributed by atoms with Gasteiger partial charge in [0.1, 0.15) is 0 Å². The van der Waals surface area contributed by atoms with Crippen LogP contribution in [0.2, 0.25) is 0 Å². The van der Waals surface area contributed by atoms with Gasteiger partial charge in [-0.3, -0.25) is 4.79 Å². The van der Waals surface area contributed by atoms with Crippen molar-refractivity contribution in [1.29, 1.82) is 0 Å². The molecule has 4 nitrogen and oxygen atoms in total. The Kier molecular flexibility index (Phi) is 4.11. The lowest BCUT2D eigenvalue weighted by atomic mass is 10.1. The van der Waals surface area contributed by atoms with Crippen molar-refractivity contribution in [2.75, 3.05) is 17.7 Å². The van der Waals surface area contributed by atoms with Crippen LogP contribution in [-0.2, 0) is 6.54 Å². The third kappa shape index (κ3) is 3.08. The molecule has 1 aromatic carbocycles. The zero-order valence-corrected chi connectivity index (χ0v) is 12.8. The van der Waals surface area contributed by atoms with E-state index in [2.05, 4.69) is 15.9 Å². The summed E-state index contributed by atoms with van der Waals surface area (Å²) in [5, 5.41) is 2.02. The number of thiophene rings is 1. The fourth-order valence-corrected chi connectivity index (χ4v) is 3.44. The van der Waals surface area contributed by atoms with Crippen LogP contribution in [-0.4, -0.2) is 13.0 Å². The second kappa shape index (κ2) is 5.63. The third-order valence-electron chi connectivity index (χ3n) is 2.73. The van der Waals surface area contributed by atoms with Crippen molar-refractivity contribution < 1.29 is 4.79 Å². The summed E-state index contributed by atoms with van der Waals surface area (Å²) in [5.74, 6) is -0.471. The van der Waals surface area contributed by atoms with E-state index in [0.717, 1.165) is 4.47 Å². The molecule has 0 saturated heterocycles. The molecule has 0 atom stereocenters. The molecule has 0 fully saturated rings. The summed E-state index contributed by atoms with van der Waals surface area (Å²) in [4.78, 5) is 14.6. The van der Waals surface area contributed by atoms with Crippen LogP contribution in [0.5, 0.6) is 0 Å². The number of carbonyl (C=O) groups excluding carboxylic acids is 1. The number of benzene rings is 1. The highest BCUT2D eigenvalue weighted by Gasteiger charge is 2.15. The Morgan fingerprint density at radius 2 is 2.21 bits per heavy atom. The molecule has 6 heteroatoms. The number of hydrogen-bond acceptors (Lipinski definition) is 4. The number of para-hydroxylation sites is 1. The molecule has 1 heterocycles. The SMILES string of the molecule is CN(Cc1cc(Br)cs1)c1c(N)cccc1C(N)=O. The number of nitrogens with two attached hydrogens (primary N) is 2. The molecule has 0 saturated carbocycles. The molecule has 4 N–H and O–H groups in total. The van der Waals surface area contributed by atoms with Gasteiger partial charge in [-0.25, -0.2) is 0 Å². The number of hydrogen-bond donors (Lipinski definition) is 2. The van der Waals surface area contributed by atoms with E-state index in [1.54, 1.807) is 29.5 Å². The average molecular weight is 340 g/mol. The molecule has 0 aliphatic heterocycles. The van der Waals surface area contributed by atoms with Crippen molar-refractivity contribution in [3.05, 3.63) is 44.6 Å². The molecule has 0 aliphatic carbocycles. The smallest absolute Gasteiger partial charge is 0.250 e. The van der Waals surface area contributed by atoms with Gasteiger partial charge in [-0.15, -0.1) is 11.3 Å². The Bertz CT molecular complexity index is 612. The lowest BCUT2D eigenvalue weighted by molar-refractivity contribution is 0.100. The quantitative estimate of drug-likeness (QED) is 0.841. The molecule has 2 rings (SSSR count). The number of halogens is 1. The van der Waals surface area contributed by atoms with E-state index < -0.39 is 5.91 Å². The zero-order chi connectivity index (χ0) is 14.0. The van der Waals surface area contributed by atoms with E-state index in [1.807, 2.05) is 23.4 Å². The number of primary amides is 1. The number of nitrogen functional groups attached to an aromatic ring is 1. The average Bonchev–Trinajstić information content (AvgIpc) is 2.74. The van der Waals surface area contributed by atoms with E-state index in [0.29, 0.717) is 23.5 Å². The number of amides is 1. The van der Waals surface area contributed by atoms with Gasteiger partial charge >= 0.3 is 0 Å². The standard InChI is InChI=1S/C13H14BrN3OS/c1-17(6-9-5-8(14)7-19-9)12-10(13(16)18)3-2-4-11(12)15/h2-5,7H,6,15H2,1H3,(H2,16,18). The van der Waals surface area contributed by atoms with Crippen molar-refractivity contribution in [3.63, 3.8) is 0 Å². The van der Waals surface area contributed by atoms with Crippen LogP contribution in [0.25, 0.3) is 0 Å². The second-order valence-corrected chi connectivity index (χ2v) is 6.11. The van der Waals surface area contributed by atoms with E-state index in [4.69, 9.17) is 11.5 Å². The Balaban J connectivity index is 2.32. The summed E-state index contributed by atoms with van der Waals surface area (Å²) >= 11 is 5.07. The largest absolute Gasteiger partial charge is 0.397 e. The molecule has 0 bridgehead atoms. The molecule has 0 aliphatic rings. The highest BCUT2D eigenvalue weighted by Crippen LogP contribution is 2.29. The topological polar surface area (TPSA) is 72.3 Å². The maximum absolute atomic E-state index is 11.5. The van der Waals surface area contributed by atoms with Crippen molar-refractivity contribution in [2.45, 2.75) is 6.54 Å². The molecule has 0 spiro atoms. The summed E-state index contributed by atoms with van der Waals surface area (Å²) < 4.78 is 1.05. The van der Waals surface area contributed by atoms with Crippen LogP contribution in [0.15, 0.2) is 34.1 Å². The first-order valence-corrected chi connectivity index (χ1v) is 7.28. The van der Waals surface area contributed by atoms with Gasteiger partial charge in [-0.1, -0.05) is 6.07 Å². The lowest BCUT2D eigenvalue weighted by Gasteiger charge is -2.22. The van der Waals surface area contributed by atoms with Gasteiger partial charge in [-0.05, 0) is 34.1 Å². The van der Waals surface area contributed by atoms with E-state index >= 15 is 0 Å². The van der Waals surface area contributed by atoms with Crippen molar-refractivity contribution >= 4 is 44.5 Å². The highest BCUT2D eigenvalue weighted by atomic mass is 79.9. The van der Waals surface area contributed by atoms with Crippen LogP contribution in [0, 0.1) is 0 Å².